The van der Waals surface area contributed by atoms with Crippen LogP contribution in [-0.2, 0) is 4.74 Å². The normalized spacial score (nSPS) is 17.8. The summed E-state index contributed by atoms with van der Waals surface area (Å²) in [6.45, 7) is 0. The maximum Gasteiger partial charge on any atom is 0.408 e. The number of nitrogens with one attached hydrogen (secondary N) is 1. The standard InChI is InChI=1S/C21H12F3N3O2/c22-15-3-4-17(18(24)7-15)20-19(27-21(28)29-20)14-5-12(8-25-10-14)1-2-13-6-16(23)11-26-9-13/h3-11,19-20H,(H,27,28)/t19-,20-/m1/s1. The molecule has 0 radical (unpaired) electrons. The maximum absolute atomic E-state index is 14.2. The van der Waals surface area contributed by atoms with Crippen LogP contribution >= 0.6 is 0 Å². The van der Waals surface area contributed by atoms with Crippen molar-refractivity contribution in [2.45, 2.75) is 12.1 Å². The molecule has 144 valence electrons. The number of nitrogens with zero attached hydrogens (tertiary/aromatic N) is 2. The first-order valence-corrected chi connectivity index (χ1v) is 8.49. The summed E-state index contributed by atoms with van der Waals surface area (Å²) in [4.78, 5) is 19.6. The number of carbonyl (C=O) groups is 1. The fourth-order valence-corrected chi connectivity index (χ4v) is 2.97. The van der Waals surface area contributed by atoms with Crippen LogP contribution in [0, 0.1) is 29.3 Å². The minimum absolute atomic E-state index is 0.0390. The summed E-state index contributed by atoms with van der Waals surface area (Å²) in [6.07, 6.45) is 3.75. The summed E-state index contributed by atoms with van der Waals surface area (Å²) < 4.78 is 45.8. The Morgan fingerprint density at radius 1 is 0.897 bits per heavy atom. The predicted molar refractivity (Wildman–Crippen MR) is 95.9 cm³/mol. The number of pyridine rings is 2. The summed E-state index contributed by atoms with van der Waals surface area (Å²) in [7, 11) is 0. The number of aromatic nitrogens is 2. The van der Waals surface area contributed by atoms with Gasteiger partial charge in [0, 0.05) is 41.3 Å². The Labute approximate surface area is 163 Å². The second-order valence-corrected chi connectivity index (χ2v) is 6.26. The van der Waals surface area contributed by atoms with Gasteiger partial charge in [-0.25, -0.2) is 18.0 Å². The number of carbonyl (C=O) groups excluding carboxylic acids is 1. The van der Waals surface area contributed by atoms with E-state index in [1.165, 1.54) is 30.7 Å². The van der Waals surface area contributed by atoms with Crippen LogP contribution in [0.2, 0.25) is 0 Å². The first kappa shape index (κ1) is 18.5. The van der Waals surface area contributed by atoms with Gasteiger partial charge in [0.2, 0.25) is 0 Å². The molecule has 3 aromatic rings. The van der Waals surface area contributed by atoms with E-state index in [4.69, 9.17) is 4.74 Å². The average molecular weight is 395 g/mol. The van der Waals surface area contributed by atoms with Crippen LogP contribution in [0.4, 0.5) is 18.0 Å². The second kappa shape index (κ2) is 7.64. The van der Waals surface area contributed by atoms with E-state index in [0.717, 1.165) is 18.3 Å². The molecule has 0 unspecified atom stereocenters. The van der Waals surface area contributed by atoms with Crippen molar-refractivity contribution in [3.05, 3.63) is 94.8 Å². The fourth-order valence-electron chi connectivity index (χ4n) is 2.97. The summed E-state index contributed by atoms with van der Waals surface area (Å²) in [5.74, 6) is 3.56. The highest BCUT2D eigenvalue weighted by atomic mass is 19.1. The molecule has 29 heavy (non-hydrogen) atoms. The van der Waals surface area contributed by atoms with E-state index in [9.17, 15) is 18.0 Å². The fraction of sp³-hybridized carbons (Fsp3) is 0.0952. The van der Waals surface area contributed by atoms with Gasteiger partial charge in [-0.15, -0.1) is 0 Å². The van der Waals surface area contributed by atoms with Gasteiger partial charge in [0.1, 0.15) is 23.5 Å². The maximum atomic E-state index is 14.2. The molecule has 0 saturated carbocycles. The number of alkyl carbamates (subject to hydrolysis) is 1. The van der Waals surface area contributed by atoms with E-state index in [1.54, 1.807) is 6.07 Å². The molecule has 8 heteroatoms. The zero-order valence-corrected chi connectivity index (χ0v) is 14.7. The van der Waals surface area contributed by atoms with Gasteiger partial charge in [-0.05, 0) is 29.8 Å². The number of ether oxygens (including phenoxy) is 1. The molecule has 1 aromatic carbocycles. The van der Waals surface area contributed by atoms with Crippen molar-refractivity contribution in [3.63, 3.8) is 0 Å². The Bertz CT molecular complexity index is 1160. The molecule has 0 aliphatic carbocycles. The minimum Gasteiger partial charge on any atom is -0.439 e. The van der Waals surface area contributed by atoms with E-state index in [-0.39, 0.29) is 5.56 Å². The van der Waals surface area contributed by atoms with Crippen molar-refractivity contribution in [1.29, 1.82) is 0 Å². The molecule has 0 spiro atoms. The molecule has 1 aliphatic heterocycles. The summed E-state index contributed by atoms with van der Waals surface area (Å²) in [6, 6.07) is 5.21. The SMILES string of the molecule is O=C1N[C@H](c2cncc(C#Cc3cncc(F)c3)c2)[C@@H](c2ccc(F)cc2F)O1. The van der Waals surface area contributed by atoms with Gasteiger partial charge in [-0.3, -0.25) is 9.97 Å². The van der Waals surface area contributed by atoms with Gasteiger partial charge in [-0.1, -0.05) is 11.8 Å². The molecule has 1 fully saturated rings. The van der Waals surface area contributed by atoms with Gasteiger partial charge >= 0.3 is 6.09 Å². The Kier molecular flexibility index (Phi) is 4.87. The van der Waals surface area contributed by atoms with Gasteiger partial charge in [0.15, 0.2) is 6.10 Å². The monoisotopic (exact) mass is 395 g/mol. The number of hydrogen-bond acceptors (Lipinski definition) is 4. The Balaban J connectivity index is 1.65. The lowest BCUT2D eigenvalue weighted by molar-refractivity contribution is 0.130. The molecule has 5 nitrogen and oxygen atoms in total. The first-order chi connectivity index (χ1) is 14.0. The third-order valence-corrected chi connectivity index (χ3v) is 4.25. The molecule has 1 N–H and O–H groups in total. The number of benzene rings is 1. The molecular formula is C21H12F3N3O2. The molecular weight excluding hydrogens is 383 g/mol. The van der Waals surface area contributed by atoms with Crippen LogP contribution in [-0.4, -0.2) is 16.1 Å². The third kappa shape index (κ3) is 4.04. The largest absolute Gasteiger partial charge is 0.439 e. The van der Waals surface area contributed by atoms with Crippen molar-refractivity contribution in [2.24, 2.45) is 0 Å². The molecule has 2 aromatic heterocycles. The number of hydrogen-bond donors (Lipinski definition) is 1. The molecule has 2 atom stereocenters. The van der Waals surface area contributed by atoms with Crippen molar-refractivity contribution < 1.29 is 22.7 Å². The molecule has 1 amide bonds. The van der Waals surface area contributed by atoms with Gasteiger partial charge < -0.3 is 10.1 Å². The van der Waals surface area contributed by atoms with Crippen molar-refractivity contribution >= 4 is 6.09 Å². The number of amides is 1. The molecule has 3 heterocycles. The smallest absolute Gasteiger partial charge is 0.408 e. The number of rotatable bonds is 2. The predicted octanol–water partition coefficient (Wildman–Crippen LogP) is 3.82. The molecule has 1 aliphatic rings. The van der Waals surface area contributed by atoms with Crippen LogP contribution < -0.4 is 5.32 Å². The topological polar surface area (TPSA) is 64.1 Å². The van der Waals surface area contributed by atoms with E-state index in [0.29, 0.717) is 16.7 Å². The summed E-state index contributed by atoms with van der Waals surface area (Å²) in [5, 5.41) is 2.60. The lowest BCUT2D eigenvalue weighted by Crippen LogP contribution is -2.20. The molecule has 1 saturated heterocycles. The van der Waals surface area contributed by atoms with Crippen LogP contribution in [0.25, 0.3) is 0 Å². The average Bonchev–Trinajstić information content (AvgIpc) is 3.08. The Morgan fingerprint density at radius 2 is 1.62 bits per heavy atom. The lowest BCUT2D eigenvalue weighted by Gasteiger charge is -2.18. The summed E-state index contributed by atoms with van der Waals surface area (Å²) in [5.41, 5.74) is 1.44. The zero-order valence-electron chi connectivity index (χ0n) is 14.7. The van der Waals surface area contributed by atoms with Crippen molar-refractivity contribution in [3.8, 4) is 11.8 Å². The first-order valence-electron chi connectivity index (χ1n) is 8.49. The van der Waals surface area contributed by atoms with Crippen LogP contribution in [0.3, 0.4) is 0 Å². The lowest BCUT2D eigenvalue weighted by atomic mass is 9.96. The van der Waals surface area contributed by atoms with E-state index >= 15 is 0 Å². The van der Waals surface area contributed by atoms with E-state index < -0.39 is 35.7 Å². The molecule has 4 rings (SSSR count). The highest BCUT2D eigenvalue weighted by Crippen LogP contribution is 2.37. The van der Waals surface area contributed by atoms with E-state index in [2.05, 4.69) is 27.1 Å². The third-order valence-electron chi connectivity index (χ3n) is 4.25. The zero-order chi connectivity index (χ0) is 20.4. The Hall–Kier alpha value is -3.86. The highest BCUT2D eigenvalue weighted by molar-refractivity contribution is 5.71. The second-order valence-electron chi connectivity index (χ2n) is 6.26. The number of cyclic esters (lactones) is 1. The number of halogens is 3. The van der Waals surface area contributed by atoms with Crippen LogP contribution in [0.1, 0.15) is 34.4 Å². The van der Waals surface area contributed by atoms with Crippen molar-refractivity contribution in [1.82, 2.24) is 15.3 Å². The van der Waals surface area contributed by atoms with E-state index in [1.807, 2.05) is 0 Å². The minimum atomic E-state index is -1.000. The van der Waals surface area contributed by atoms with Crippen molar-refractivity contribution in [2.75, 3.05) is 0 Å². The van der Waals surface area contributed by atoms with Gasteiger partial charge in [-0.2, -0.15) is 0 Å². The molecule has 0 bridgehead atoms. The summed E-state index contributed by atoms with van der Waals surface area (Å²) >= 11 is 0. The van der Waals surface area contributed by atoms with Gasteiger partial charge in [0.25, 0.3) is 0 Å². The Morgan fingerprint density at radius 3 is 2.34 bits per heavy atom. The highest BCUT2D eigenvalue weighted by Gasteiger charge is 2.38. The van der Waals surface area contributed by atoms with Crippen LogP contribution in [0.5, 0.6) is 0 Å². The quantitative estimate of drug-likeness (QED) is 0.670. The van der Waals surface area contributed by atoms with Crippen LogP contribution in [0.15, 0.2) is 55.1 Å². The van der Waals surface area contributed by atoms with Gasteiger partial charge in [0.05, 0.1) is 6.20 Å².